The SMILES string of the molecule is CSc1nc(CCCC(O)(c2ccc(F)cc2)N2CCNCC2)ncc1F. The van der Waals surface area contributed by atoms with E-state index in [1.807, 2.05) is 4.90 Å². The number of benzene rings is 1. The van der Waals surface area contributed by atoms with Gasteiger partial charge in [-0.25, -0.2) is 18.7 Å². The van der Waals surface area contributed by atoms with E-state index < -0.39 is 11.5 Å². The van der Waals surface area contributed by atoms with Crippen molar-refractivity contribution in [2.24, 2.45) is 0 Å². The van der Waals surface area contributed by atoms with Gasteiger partial charge >= 0.3 is 0 Å². The lowest BCUT2D eigenvalue weighted by molar-refractivity contribution is -0.127. The van der Waals surface area contributed by atoms with E-state index in [4.69, 9.17) is 0 Å². The van der Waals surface area contributed by atoms with E-state index in [-0.39, 0.29) is 5.82 Å². The van der Waals surface area contributed by atoms with Crippen molar-refractivity contribution in [3.63, 3.8) is 0 Å². The number of thioether (sulfide) groups is 1. The van der Waals surface area contributed by atoms with Gasteiger partial charge in [-0.2, -0.15) is 0 Å². The van der Waals surface area contributed by atoms with Gasteiger partial charge in [-0.3, -0.25) is 4.90 Å². The summed E-state index contributed by atoms with van der Waals surface area (Å²) in [6.07, 6.45) is 4.57. The Morgan fingerprint density at radius 2 is 1.93 bits per heavy atom. The Labute approximate surface area is 162 Å². The van der Waals surface area contributed by atoms with Crippen LogP contribution in [0.5, 0.6) is 0 Å². The van der Waals surface area contributed by atoms with Crippen molar-refractivity contribution >= 4 is 11.8 Å². The van der Waals surface area contributed by atoms with Crippen molar-refractivity contribution in [1.29, 1.82) is 0 Å². The first-order valence-electron chi connectivity index (χ1n) is 9.02. The van der Waals surface area contributed by atoms with E-state index in [0.29, 0.717) is 48.8 Å². The topological polar surface area (TPSA) is 61.3 Å². The highest BCUT2D eigenvalue weighted by molar-refractivity contribution is 7.98. The highest BCUT2D eigenvalue weighted by atomic mass is 32.2. The molecule has 0 spiro atoms. The van der Waals surface area contributed by atoms with E-state index in [2.05, 4.69) is 15.3 Å². The quantitative estimate of drug-likeness (QED) is 0.556. The highest BCUT2D eigenvalue weighted by Gasteiger charge is 2.36. The predicted molar refractivity (Wildman–Crippen MR) is 101 cm³/mol. The summed E-state index contributed by atoms with van der Waals surface area (Å²) in [6.45, 7) is 3.00. The van der Waals surface area contributed by atoms with Gasteiger partial charge in [-0.05, 0) is 36.8 Å². The molecule has 1 saturated heterocycles. The van der Waals surface area contributed by atoms with Crippen LogP contribution in [0.25, 0.3) is 0 Å². The maximum atomic E-state index is 13.5. The molecule has 1 aromatic carbocycles. The van der Waals surface area contributed by atoms with Crippen molar-refractivity contribution in [2.45, 2.75) is 30.0 Å². The van der Waals surface area contributed by atoms with Crippen molar-refractivity contribution in [3.05, 3.63) is 53.5 Å². The molecule has 1 aliphatic heterocycles. The summed E-state index contributed by atoms with van der Waals surface area (Å²) in [4.78, 5) is 10.3. The van der Waals surface area contributed by atoms with Crippen molar-refractivity contribution in [2.75, 3.05) is 32.4 Å². The monoisotopic (exact) mass is 394 g/mol. The third kappa shape index (κ3) is 4.82. The number of aryl methyl sites for hydroxylation is 1. The van der Waals surface area contributed by atoms with Crippen LogP contribution in [0.1, 0.15) is 24.2 Å². The van der Waals surface area contributed by atoms with Gasteiger partial charge in [0.05, 0.1) is 6.20 Å². The minimum atomic E-state index is -1.18. The zero-order valence-electron chi connectivity index (χ0n) is 15.3. The third-order valence-corrected chi connectivity index (χ3v) is 5.50. The molecule has 5 nitrogen and oxygen atoms in total. The molecule has 0 radical (unpaired) electrons. The van der Waals surface area contributed by atoms with Gasteiger partial charge in [-0.15, -0.1) is 11.8 Å². The molecule has 2 aromatic rings. The second-order valence-corrected chi connectivity index (χ2v) is 7.35. The number of hydrogen-bond donors (Lipinski definition) is 2. The number of piperazine rings is 1. The normalized spacial score (nSPS) is 17.6. The molecular weight excluding hydrogens is 370 g/mol. The van der Waals surface area contributed by atoms with E-state index in [1.54, 1.807) is 18.4 Å². The Balaban J connectivity index is 1.74. The number of halogens is 2. The Morgan fingerprint density at radius 1 is 1.22 bits per heavy atom. The number of aliphatic hydroxyl groups is 1. The van der Waals surface area contributed by atoms with Crippen LogP contribution in [0.15, 0.2) is 35.5 Å². The third-order valence-electron chi connectivity index (χ3n) is 4.83. The maximum absolute atomic E-state index is 13.5. The minimum Gasteiger partial charge on any atom is -0.371 e. The van der Waals surface area contributed by atoms with Crippen LogP contribution < -0.4 is 5.32 Å². The fraction of sp³-hybridized carbons (Fsp3) is 0.474. The molecule has 1 aliphatic rings. The lowest BCUT2D eigenvalue weighted by Crippen LogP contribution is -2.54. The van der Waals surface area contributed by atoms with E-state index in [1.165, 1.54) is 30.1 Å². The first-order valence-corrected chi connectivity index (χ1v) is 10.2. The summed E-state index contributed by atoms with van der Waals surface area (Å²) in [5, 5.41) is 15.1. The summed E-state index contributed by atoms with van der Waals surface area (Å²) in [7, 11) is 0. The summed E-state index contributed by atoms with van der Waals surface area (Å²) in [5.74, 6) is -0.192. The molecule has 2 heterocycles. The zero-order chi connectivity index (χ0) is 19.3. The first-order chi connectivity index (χ1) is 13.0. The number of hydrogen-bond acceptors (Lipinski definition) is 6. The van der Waals surface area contributed by atoms with Crippen molar-refractivity contribution < 1.29 is 13.9 Å². The fourth-order valence-corrected chi connectivity index (χ4v) is 3.82. The summed E-state index contributed by atoms with van der Waals surface area (Å²) < 4.78 is 26.9. The standard InChI is InChI=1S/C19H24F2N4OS/c1-27-18-16(21)13-23-17(24-18)3-2-8-19(26,25-11-9-22-10-12-25)14-4-6-15(20)7-5-14/h4-7,13,22,26H,2-3,8-12H2,1H3. The predicted octanol–water partition coefficient (Wildman–Crippen LogP) is 2.55. The lowest BCUT2D eigenvalue weighted by Gasteiger charge is -2.42. The molecule has 0 amide bonds. The number of aromatic nitrogens is 2. The van der Waals surface area contributed by atoms with Crippen LogP contribution in [-0.2, 0) is 12.1 Å². The second-order valence-electron chi connectivity index (χ2n) is 6.56. The van der Waals surface area contributed by atoms with Crippen LogP contribution in [0.3, 0.4) is 0 Å². The molecule has 0 aliphatic carbocycles. The Morgan fingerprint density at radius 3 is 2.59 bits per heavy atom. The number of nitrogens with zero attached hydrogens (tertiary/aromatic N) is 3. The molecule has 1 fully saturated rings. The van der Waals surface area contributed by atoms with Crippen molar-refractivity contribution in [3.8, 4) is 0 Å². The van der Waals surface area contributed by atoms with Crippen molar-refractivity contribution in [1.82, 2.24) is 20.2 Å². The smallest absolute Gasteiger partial charge is 0.173 e. The molecule has 0 saturated carbocycles. The van der Waals surface area contributed by atoms with Gasteiger partial charge in [-0.1, -0.05) is 12.1 Å². The second kappa shape index (κ2) is 9.05. The number of nitrogens with one attached hydrogen (secondary N) is 1. The van der Waals surface area contributed by atoms with Gasteiger partial charge in [0.25, 0.3) is 0 Å². The van der Waals surface area contributed by atoms with Crippen LogP contribution in [0.4, 0.5) is 8.78 Å². The average Bonchev–Trinajstić information content (AvgIpc) is 2.70. The molecule has 1 aromatic heterocycles. The van der Waals surface area contributed by atoms with E-state index >= 15 is 0 Å². The average molecular weight is 394 g/mol. The number of rotatable bonds is 7. The van der Waals surface area contributed by atoms with E-state index in [0.717, 1.165) is 13.1 Å². The molecule has 2 N–H and O–H groups in total. The summed E-state index contributed by atoms with van der Waals surface area (Å²) in [5.41, 5.74) is -0.506. The summed E-state index contributed by atoms with van der Waals surface area (Å²) in [6, 6.07) is 6.02. The highest BCUT2D eigenvalue weighted by Crippen LogP contribution is 2.32. The van der Waals surface area contributed by atoms with Crippen LogP contribution in [0, 0.1) is 11.6 Å². The zero-order valence-corrected chi connectivity index (χ0v) is 16.1. The van der Waals surface area contributed by atoms with Gasteiger partial charge in [0.1, 0.15) is 22.4 Å². The molecule has 146 valence electrons. The molecule has 1 atom stereocenters. The Hall–Kier alpha value is -1.61. The van der Waals surface area contributed by atoms with Crippen LogP contribution in [-0.4, -0.2) is 52.4 Å². The molecule has 8 heteroatoms. The van der Waals surface area contributed by atoms with Crippen LogP contribution >= 0.6 is 11.8 Å². The molecule has 3 rings (SSSR count). The molecular formula is C19H24F2N4OS. The van der Waals surface area contributed by atoms with Crippen LogP contribution in [0.2, 0.25) is 0 Å². The maximum Gasteiger partial charge on any atom is 0.173 e. The van der Waals surface area contributed by atoms with Gasteiger partial charge in [0, 0.05) is 32.6 Å². The Bertz CT molecular complexity index is 756. The summed E-state index contributed by atoms with van der Waals surface area (Å²) >= 11 is 1.24. The van der Waals surface area contributed by atoms with Gasteiger partial charge in [0.2, 0.25) is 0 Å². The minimum absolute atomic E-state index is 0.328. The van der Waals surface area contributed by atoms with E-state index in [9.17, 15) is 13.9 Å². The largest absolute Gasteiger partial charge is 0.371 e. The molecule has 0 bridgehead atoms. The molecule has 1 unspecified atom stereocenters. The lowest BCUT2D eigenvalue weighted by atomic mass is 9.94. The Kier molecular flexibility index (Phi) is 6.75. The van der Waals surface area contributed by atoms with Gasteiger partial charge < -0.3 is 10.4 Å². The fourth-order valence-electron chi connectivity index (χ4n) is 3.38. The first kappa shape index (κ1) is 20.1. The molecule has 27 heavy (non-hydrogen) atoms. The van der Waals surface area contributed by atoms with Gasteiger partial charge in [0.15, 0.2) is 5.82 Å².